The predicted molar refractivity (Wildman–Crippen MR) is 74.3 cm³/mol. The molecule has 22 heavy (non-hydrogen) atoms. The summed E-state index contributed by atoms with van der Waals surface area (Å²) in [5.41, 5.74) is 0.0217. The molecule has 0 bridgehead atoms. The van der Waals surface area contributed by atoms with E-state index < -0.39 is 17.5 Å². The molecule has 2 aromatic heterocycles. The molecule has 0 unspecified atom stereocenters. The second-order valence-electron chi connectivity index (χ2n) is 4.50. The zero-order chi connectivity index (χ0) is 15.9. The highest BCUT2D eigenvalue weighted by molar-refractivity contribution is 5.81. The highest BCUT2D eigenvalue weighted by Gasteiger charge is 2.31. The van der Waals surface area contributed by atoms with Gasteiger partial charge in [0.2, 0.25) is 0 Å². The third kappa shape index (κ3) is 2.18. The number of alkyl halides is 3. The summed E-state index contributed by atoms with van der Waals surface area (Å²) in [6.07, 6.45) is -2.86. The van der Waals surface area contributed by atoms with E-state index in [-0.39, 0.29) is 17.2 Å². The molecule has 0 aliphatic rings. The fraction of sp³-hybridized carbons (Fsp3) is 0.0714. The highest BCUT2D eigenvalue weighted by atomic mass is 19.4. The number of nitrogens with zero attached hydrogens (tertiary/aromatic N) is 4. The lowest BCUT2D eigenvalue weighted by atomic mass is 10.1. The van der Waals surface area contributed by atoms with Crippen molar-refractivity contribution in [2.75, 3.05) is 0 Å². The Morgan fingerprint density at radius 2 is 1.95 bits per heavy atom. The number of rotatable bonds is 2. The zero-order valence-electron chi connectivity index (χ0n) is 11.0. The molecule has 8 heteroatoms. The molecule has 112 valence electrons. The molecule has 3 rings (SSSR count). The van der Waals surface area contributed by atoms with Crippen LogP contribution in [0.25, 0.3) is 16.8 Å². The Balaban J connectivity index is 2.20. The number of phenols is 1. The molecule has 0 fully saturated rings. The molecule has 0 spiro atoms. The van der Waals surface area contributed by atoms with Crippen molar-refractivity contribution in [1.29, 1.82) is 0 Å². The molecular formula is C14H9F3N4O. The average molecular weight is 306 g/mol. The van der Waals surface area contributed by atoms with E-state index in [1.54, 1.807) is 22.7 Å². The van der Waals surface area contributed by atoms with Gasteiger partial charge in [-0.3, -0.25) is 4.40 Å². The van der Waals surface area contributed by atoms with Gasteiger partial charge in [-0.15, -0.1) is 10.2 Å². The first-order chi connectivity index (χ1) is 10.4. The topological polar surface area (TPSA) is 62.8 Å². The van der Waals surface area contributed by atoms with Crippen molar-refractivity contribution in [3.63, 3.8) is 0 Å². The van der Waals surface area contributed by atoms with Gasteiger partial charge in [-0.25, -0.2) is 4.99 Å². The number of benzene rings is 1. The van der Waals surface area contributed by atoms with Crippen LogP contribution in [0.15, 0.2) is 41.5 Å². The maximum absolute atomic E-state index is 12.6. The first-order valence-corrected chi connectivity index (χ1v) is 6.13. The Morgan fingerprint density at radius 1 is 1.18 bits per heavy atom. The normalized spacial score (nSPS) is 11.8. The number of phenolic OH excluding ortho intramolecular Hbond substituents is 1. The van der Waals surface area contributed by atoms with Crippen LogP contribution in [0.4, 0.5) is 19.1 Å². The van der Waals surface area contributed by atoms with Crippen molar-refractivity contribution in [3.8, 4) is 17.0 Å². The van der Waals surface area contributed by atoms with E-state index in [1.807, 2.05) is 0 Å². The van der Waals surface area contributed by atoms with Crippen molar-refractivity contribution in [3.05, 3.63) is 42.1 Å². The molecule has 3 aromatic rings. The minimum absolute atomic E-state index is 0.153. The van der Waals surface area contributed by atoms with Gasteiger partial charge in [-0.05, 0) is 37.0 Å². The standard InChI is InChI=1S/C14H9F3N4O/c1-18-13-20-19-12(10-3-2-6-21(10)13)9-5-4-8(7-11(9)22)14(15,16)17/h2-7,22H,1H2. The van der Waals surface area contributed by atoms with Gasteiger partial charge < -0.3 is 5.11 Å². The first-order valence-electron chi connectivity index (χ1n) is 6.13. The molecule has 0 saturated carbocycles. The second kappa shape index (κ2) is 4.83. The van der Waals surface area contributed by atoms with Crippen LogP contribution in [-0.2, 0) is 6.18 Å². The zero-order valence-corrected chi connectivity index (χ0v) is 11.0. The van der Waals surface area contributed by atoms with Crippen LogP contribution in [0.3, 0.4) is 0 Å². The number of fused-ring (bicyclic) bond motifs is 1. The smallest absolute Gasteiger partial charge is 0.416 e. The summed E-state index contributed by atoms with van der Waals surface area (Å²) in [6, 6.07) is 6.11. The van der Waals surface area contributed by atoms with Gasteiger partial charge in [0, 0.05) is 11.8 Å². The van der Waals surface area contributed by atoms with Gasteiger partial charge in [0.25, 0.3) is 5.95 Å². The van der Waals surface area contributed by atoms with Crippen LogP contribution in [0, 0.1) is 0 Å². The lowest BCUT2D eigenvalue weighted by Gasteiger charge is -2.10. The number of aliphatic imine (C=N–C) groups is 1. The fourth-order valence-corrected chi connectivity index (χ4v) is 2.15. The van der Waals surface area contributed by atoms with Gasteiger partial charge in [0.1, 0.15) is 11.4 Å². The SMILES string of the molecule is C=Nc1nnc(-c2ccc(C(F)(F)F)cc2O)c2cccn12. The Labute approximate surface area is 122 Å². The largest absolute Gasteiger partial charge is 0.507 e. The lowest BCUT2D eigenvalue weighted by molar-refractivity contribution is -0.137. The number of hydrogen-bond donors (Lipinski definition) is 1. The molecule has 2 heterocycles. The van der Waals surface area contributed by atoms with Crippen LogP contribution in [0.2, 0.25) is 0 Å². The monoisotopic (exact) mass is 306 g/mol. The lowest BCUT2D eigenvalue weighted by Crippen LogP contribution is -2.04. The summed E-state index contributed by atoms with van der Waals surface area (Å²) in [6.45, 7) is 3.37. The predicted octanol–water partition coefficient (Wildman–Crippen LogP) is 3.45. The van der Waals surface area contributed by atoms with Crippen molar-refractivity contribution in [2.45, 2.75) is 6.18 Å². The van der Waals surface area contributed by atoms with E-state index in [2.05, 4.69) is 21.9 Å². The van der Waals surface area contributed by atoms with Crippen molar-refractivity contribution in [2.24, 2.45) is 4.99 Å². The van der Waals surface area contributed by atoms with Crippen LogP contribution in [-0.4, -0.2) is 26.4 Å². The van der Waals surface area contributed by atoms with E-state index in [4.69, 9.17) is 0 Å². The van der Waals surface area contributed by atoms with E-state index in [0.29, 0.717) is 11.6 Å². The number of halogens is 3. The maximum Gasteiger partial charge on any atom is 0.416 e. The minimum Gasteiger partial charge on any atom is -0.507 e. The molecule has 0 aliphatic carbocycles. The number of aromatic hydroxyl groups is 1. The van der Waals surface area contributed by atoms with Crippen LogP contribution >= 0.6 is 0 Å². The van der Waals surface area contributed by atoms with E-state index >= 15 is 0 Å². The van der Waals surface area contributed by atoms with E-state index in [0.717, 1.165) is 12.1 Å². The molecule has 0 aliphatic heterocycles. The quantitative estimate of drug-likeness (QED) is 0.738. The number of aromatic nitrogens is 3. The van der Waals surface area contributed by atoms with Gasteiger partial charge in [0.05, 0.1) is 11.1 Å². The van der Waals surface area contributed by atoms with Crippen LogP contribution < -0.4 is 0 Å². The van der Waals surface area contributed by atoms with Gasteiger partial charge in [-0.1, -0.05) is 0 Å². The Bertz CT molecular complexity index is 870. The molecule has 0 atom stereocenters. The number of hydrogen-bond acceptors (Lipinski definition) is 4. The van der Waals surface area contributed by atoms with Crippen molar-refractivity contribution in [1.82, 2.24) is 14.6 Å². The van der Waals surface area contributed by atoms with Gasteiger partial charge in [-0.2, -0.15) is 13.2 Å². The van der Waals surface area contributed by atoms with Crippen molar-refractivity contribution < 1.29 is 18.3 Å². The third-order valence-electron chi connectivity index (χ3n) is 3.17. The van der Waals surface area contributed by atoms with E-state index in [1.165, 1.54) is 0 Å². The van der Waals surface area contributed by atoms with Crippen LogP contribution in [0.5, 0.6) is 5.75 Å². The Hall–Kier alpha value is -2.90. The summed E-state index contributed by atoms with van der Waals surface area (Å²) >= 11 is 0. The molecular weight excluding hydrogens is 297 g/mol. The van der Waals surface area contributed by atoms with Gasteiger partial charge >= 0.3 is 6.18 Å². The van der Waals surface area contributed by atoms with E-state index in [9.17, 15) is 18.3 Å². The van der Waals surface area contributed by atoms with Crippen molar-refractivity contribution >= 4 is 18.2 Å². The third-order valence-corrected chi connectivity index (χ3v) is 3.17. The average Bonchev–Trinajstić information content (AvgIpc) is 2.95. The van der Waals surface area contributed by atoms with Crippen LogP contribution in [0.1, 0.15) is 5.56 Å². The first kappa shape index (κ1) is 14.1. The molecule has 0 amide bonds. The van der Waals surface area contributed by atoms with Gasteiger partial charge in [0.15, 0.2) is 0 Å². The molecule has 0 saturated heterocycles. The molecule has 0 radical (unpaired) electrons. The minimum atomic E-state index is -4.53. The fourth-order valence-electron chi connectivity index (χ4n) is 2.15. The maximum atomic E-state index is 12.6. The molecule has 1 N–H and O–H groups in total. The summed E-state index contributed by atoms with van der Waals surface area (Å²) in [7, 11) is 0. The summed E-state index contributed by atoms with van der Waals surface area (Å²) in [4.78, 5) is 3.70. The Morgan fingerprint density at radius 3 is 2.59 bits per heavy atom. The molecule has 5 nitrogen and oxygen atoms in total. The summed E-state index contributed by atoms with van der Waals surface area (Å²) < 4.78 is 39.5. The summed E-state index contributed by atoms with van der Waals surface area (Å²) in [5, 5.41) is 17.7. The highest BCUT2D eigenvalue weighted by Crippen LogP contribution is 2.37. The molecule has 1 aromatic carbocycles. The second-order valence-corrected chi connectivity index (χ2v) is 4.50. The Kier molecular flexibility index (Phi) is 3.09. The summed E-state index contributed by atoms with van der Waals surface area (Å²) in [5.74, 6) is -0.276.